The summed E-state index contributed by atoms with van der Waals surface area (Å²) >= 11 is 0. The Morgan fingerprint density at radius 2 is 2.24 bits per heavy atom. The Kier molecular flexibility index (Phi) is 3.77. The molecule has 1 aliphatic rings. The molecular weight excluding hydrogens is 290 g/mol. The predicted octanol–water partition coefficient (Wildman–Crippen LogP) is 2.95. The van der Waals surface area contributed by atoms with Crippen molar-refractivity contribution in [2.75, 3.05) is 19.1 Å². The van der Waals surface area contributed by atoms with Crippen molar-refractivity contribution in [1.29, 1.82) is 0 Å². The van der Waals surface area contributed by atoms with Gasteiger partial charge in [0.2, 0.25) is 5.82 Å². The Labute approximate surface area is 123 Å². The van der Waals surface area contributed by atoms with E-state index in [-0.39, 0.29) is 6.10 Å². The van der Waals surface area contributed by atoms with Crippen molar-refractivity contribution < 1.29 is 13.5 Å². The molecule has 21 heavy (non-hydrogen) atoms. The average Bonchev–Trinajstić information content (AvgIpc) is 3.08. The van der Waals surface area contributed by atoms with E-state index in [2.05, 4.69) is 14.5 Å². The third kappa shape index (κ3) is 3.48. The standard InChI is InChI=1S/C14H17N3O3S/c1-21(2,18)17-11-6-3-5-10(9-11)14-15-13(16-20-14)12-7-4-8-19-12/h3,5-6,9,12H,4,7-8H2,1-2H3. The van der Waals surface area contributed by atoms with E-state index in [4.69, 9.17) is 9.26 Å². The molecular formula is C14H17N3O3S. The number of ether oxygens (including phenoxy) is 1. The average molecular weight is 307 g/mol. The molecule has 1 atom stereocenters. The molecule has 1 unspecified atom stereocenters. The van der Waals surface area contributed by atoms with E-state index in [1.54, 1.807) is 24.6 Å². The van der Waals surface area contributed by atoms with Crippen LogP contribution in [0.2, 0.25) is 0 Å². The monoisotopic (exact) mass is 307 g/mol. The predicted molar refractivity (Wildman–Crippen MR) is 79.7 cm³/mol. The van der Waals surface area contributed by atoms with Crippen LogP contribution in [0.15, 0.2) is 33.2 Å². The number of rotatable bonds is 3. The van der Waals surface area contributed by atoms with E-state index in [9.17, 15) is 4.21 Å². The summed E-state index contributed by atoms with van der Waals surface area (Å²) < 4.78 is 26.8. The fraction of sp³-hybridized carbons (Fsp3) is 0.429. The zero-order valence-electron chi connectivity index (χ0n) is 12.0. The smallest absolute Gasteiger partial charge is 0.258 e. The van der Waals surface area contributed by atoms with Crippen molar-refractivity contribution in [2.24, 2.45) is 4.36 Å². The number of nitrogens with zero attached hydrogens (tertiary/aromatic N) is 3. The second-order valence-corrected chi connectivity index (χ2v) is 7.83. The number of aromatic nitrogens is 2. The molecule has 0 aliphatic carbocycles. The molecule has 112 valence electrons. The molecule has 2 heterocycles. The highest BCUT2D eigenvalue weighted by molar-refractivity contribution is 7.92. The fourth-order valence-electron chi connectivity index (χ4n) is 2.21. The first-order valence-corrected chi connectivity index (χ1v) is 9.07. The van der Waals surface area contributed by atoms with Crippen molar-refractivity contribution in [3.05, 3.63) is 30.1 Å². The van der Waals surface area contributed by atoms with E-state index in [0.717, 1.165) is 25.0 Å². The zero-order chi connectivity index (χ0) is 14.9. The maximum atomic E-state index is 11.7. The number of hydrogen-bond acceptors (Lipinski definition) is 6. The van der Waals surface area contributed by atoms with Gasteiger partial charge in [-0.15, -0.1) is 0 Å². The van der Waals surface area contributed by atoms with Crippen LogP contribution in [-0.2, 0) is 14.5 Å². The van der Waals surface area contributed by atoms with Crippen LogP contribution < -0.4 is 0 Å². The van der Waals surface area contributed by atoms with E-state index in [0.29, 0.717) is 17.4 Å². The van der Waals surface area contributed by atoms with E-state index in [1.807, 2.05) is 12.1 Å². The normalized spacial score (nSPS) is 18.9. The topological polar surface area (TPSA) is 77.6 Å². The summed E-state index contributed by atoms with van der Waals surface area (Å²) in [5.41, 5.74) is 1.40. The van der Waals surface area contributed by atoms with Crippen LogP contribution in [0.4, 0.5) is 5.69 Å². The lowest BCUT2D eigenvalue weighted by Gasteiger charge is -2.01. The summed E-state index contributed by atoms with van der Waals surface area (Å²) in [6.45, 7) is 0.740. The molecule has 0 saturated carbocycles. The van der Waals surface area contributed by atoms with Gasteiger partial charge in [0, 0.05) is 34.4 Å². The van der Waals surface area contributed by atoms with Gasteiger partial charge in [-0.25, -0.2) is 4.21 Å². The van der Waals surface area contributed by atoms with Gasteiger partial charge in [0.1, 0.15) is 6.10 Å². The summed E-state index contributed by atoms with van der Waals surface area (Å²) in [5, 5.41) is 3.98. The lowest BCUT2D eigenvalue weighted by atomic mass is 10.2. The van der Waals surface area contributed by atoms with Gasteiger partial charge in [-0.3, -0.25) is 0 Å². The highest BCUT2D eigenvalue weighted by Gasteiger charge is 2.23. The molecule has 1 saturated heterocycles. The van der Waals surface area contributed by atoms with Gasteiger partial charge in [0.05, 0.1) is 5.69 Å². The van der Waals surface area contributed by atoms with Crippen LogP contribution in [0.1, 0.15) is 24.8 Å². The molecule has 0 bridgehead atoms. The minimum atomic E-state index is -2.20. The van der Waals surface area contributed by atoms with Crippen LogP contribution in [0, 0.1) is 0 Å². The minimum Gasteiger partial charge on any atom is -0.370 e. The van der Waals surface area contributed by atoms with Crippen LogP contribution in [0.3, 0.4) is 0 Å². The molecule has 3 rings (SSSR count). The lowest BCUT2D eigenvalue weighted by molar-refractivity contribution is 0.103. The number of hydrogen-bond donors (Lipinski definition) is 0. The molecule has 1 aromatic carbocycles. The molecule has 6 nitrogen and oxygen atoms in total. The van der Waals surface area contributed by atoms with Gasteiger partial charge in [-0.05, 0) is 31.0 Å². The van der Waals surface area contributed by atoms with Crippen molar-refractivity contribution in [1.82, 2.24) is 10.1 Å². The summed E-state index contributed by atoms with van der Waals surface area (Å²) in [6, 6.07) is 7.28. The van der Waals surface area contributed by atoms with Crippen LogP contribution in [0.25, 0.3) is 11.5 Å². The minimum absolute atomic E-state index is 0.0691. The van der Waals surface area contributed by atoms with Gasteiger partial charge in [0.25, 0.3) is 5.89 Å². The van der Waals surface area contributed by atoms with Crippen molar-refractivity contribution in [3.8, 4) is 11.5 Å². The van der Waals surface area contributed by atoms with Crippen molar-refractivity contribution >= 4 is 15.4 Å². The van der Waals surface area contributed by atoms with E-state index >= 15 is 0 Å². The maximum Gasteiger partial charge on any atom is 0.258 e. The molecule has 2 aromatic rings. The lowest BCUT2D eigenvalue weighted by Crippen LogP contribution is -1.97. The molecule has 1 aliphatic heterocycles. The number of benzene rings is 1. The summed E-state index contributed by atoms with van der Waals surface area (Å²) in [7, 11) is -2.20. The Hall–Kier alpha value is -1.73. The largest absolute Gasteiger partial charge is 0.370 e. The Morgan fingerprint density at radius 1 is 1.38 bits per heavy atom. The van der Waals surface area contributed by atoms with E-state index < -0.39 is 9.73 Å². The van der Waals surface area contributed by atoms with Crippen molar-refractivity contribution in [3.63, 3.8) is 0 Å². The van der Waals surface area contributed by atoms with Gasteiger partial charge >= 0.3 is 0 Å². The molecule has 1 fully saturated rings. The first-order chi connectivity index (χ1) is 10.0. The highest BCUT2D eigenvalue weighted by Crippen LogP contribution is 2.29. The van der Waals surface area contributed by atoms with Gasteiger partial charge in [0.15, 0.2) is 0 Å². The van der Waals surface area contributed by atoms with Gasteiger partial charge in [-0.2, -0.15) is 9.35 Å². The van der Waals surface area contributed by atoms with Crippen LogP contribution >= 0.6 is 0 Å². The molecule has 1 aromatic heterocycles. The summed E-state index contributed by atoms with van der Waals surface area (Å²) in [4.78, 5) is 4.38. The second kappa shape index (κ2) is 5.57. The second-order valence-electron chi connectivity index (χ2n) is 5.28. The molecule has 0 spiro atoms. The Bertz CT molecular complexity index is 748. The highest BCUT2D eigenvalue weighted by atomic mass is 32.2. The first-order valence-electron chi connectivity index (χ1n) is 6.74. The molecule has 0 radical (unpaired) electrons. The molecule has 0 amide bonds. The quantitative estimate of drug-likeness (QED) is 0.871. The molecule has 7 heteroatoms. The van der Waals surface area contributed by atoms with Gasteiger partial charge < -0.3 is 9.26 Å². The summed E-state index contributed by atoms with van der Waals surface area (Å²) in [6.07, 6.45) is 5.07. The first kappa shape index (κ1) is 14.2. The van der Waals surface area contributed by atoms with Crippen LogP contribution in [-0.4, -0.2) is 33.5 Å². The summed E-state index contributed by atoms with van der Waals surface area (Å²) in [5.74, 6) is 1.01. The maximum absolute atomic E-state index is 11.7. The fourth-order valence-corrected chi connectivity index (χ4v) is 2.84. The van der Waals surface area contributed by atoms with Gasteiger partial charge in [-0.1, -0.05) is 11.2 Å². The van der Waals surface area contributed by atoms with Crippen molar-refractivity contribution in [2.45, 2.75) is 18.9 Å². The third-order valence-electron chi connectivity index (χ3n) is 3.08. The Morgan fingerprint density at radius 3 is 2.95 bits per heavy atom. The van der Waals surface area contributed by atoms with E-state index in [1.165, 1.54) is 0 Å². The SMILES string of the molecule is CS(C)(=O)=Nc1cccc(-c2nc(C3CCCO3)no2)c1. The zero-order valence-corrected chi connectivity index (χ0v) is 12.8. The Balaban J connectivity index is 1.90. The third-order valence-corrected chi connectivity index (χ3v) is 3.73. The molecule has 0 N–H and O–H groups in total. The van der Waals surface area contributed by atoms with Crippen LogP contribution in [0.5, 0.6) is 0 Å².